The molecule has 0 spiro atoms. The number of nitrogens with zero attached hydrogens (tertiary/aromatic N) is 2. The second-order valence-electron chi connectivity index (χ2n) is 3.67. The lowest BCUT2D eigenvalue weighted by Gasteiger charge is -2.11. The van der Waals surface area contributed by atoms with Crippen LogP contribution in [0.3, 0.4) is 0 Å². The summed E-state index contributed by atoms with van der Waals surface area (Å²) >= 11 is 0. The van der Waals surface area contributed by atoms with E-state index in [0.29, 0.717) is 12.2 Å². The summed E-state index contributed by atoms with van der Waals surface area (Å²) in [4.78, 5) is 3.89. The van der Waals surface area contributed by atoms with Crippen molar-refractivity contribution in [3.8, 4) is 5.69 Å². The van der Waals surface area contributed by atoms with Crippen LogP contribution in [-0.4, -0.2) is 9.55 Å². The van der Waals surface area contributed by atoms with Gasteiger partial charge in [0.1, 0.15) is 17.8 Å². The van der Waals surface area contributed by atoms with Crippen LogP contribution in [0.5, 0.6) is 0 Å². The van der Waals surface area contributed by atoms with Gasteiger partial charge in [-0.2, -0.15) is 13.2 Å². The molecule has 0 fully saturated rings. The summed E-state index contributed by atoms with van der Waals surface area (Å²) in [5.74, 6) is -0.719. The summed E-state index contributed by atoms with van der Waals surface area (Å²) < 4.78 is 52.3. The number of halogens is 4. The summed E-state index contributed by atoms with van der Waals surface area (Å²) in [6.45, 7) is 1.82. The molecule has 95 valence electrons. The van der Waals surface area contributed by atoms with Crippen molar-refractivity contribution in [3.63, 3.8) is 0 Å². The molecule has 0 saturated carbocycles. The summed E-state index contributed by atoms with van der Waals surface area (Å²) in [7, 11) is 0. The zero-order chi connectivity index (χ0) is 13.3. The Morgan fingerprint density at radius 3 is 2.67 bits per heavy atom. The predicted molar refractivity (Wildman–Crippen MR) is 56.7 cm³/mol. The number of hydrogen-bond donors (Lipinski definition) is 0. The van der Waals surface area contributed by atoms with Crippen molar-refractivity contribution in [2.24, 2.45) is 0 Å². The number of imidazole rings is 1. The summed E-state index contributed by atoms with van der Waals surface area (Å²) in [5.41, 5.74) is -1.06. The molecule has 0 aliphatic rings. The van der Waals surface area contributed by atoms with Crippen molar-refractivity contribution in [2.75, 3.05) is 0 Å². The lowest BCUT2D eigenvalue weighted by Crippen LogP contribution is -2.10. The second-order valence-corrected chi connectivity index (χ2v) is 3.67. The Labute approximate surface area is 101 Å². The summed E-state index contributed by atoms with van der Waals surface area (Å²) in [6, 6.07) is 2.85. The van der Waals surface area contributed by atoms with Crippen LogP contribution >= 0.6 is 0 Å². The van der Waals surface area contributed by atoms with Crippen molar-refractivity contribution < 1.29 is 17.6 Å². The smallest absolute Gasteiger partial charge is 0.303 e. The van der Waals surface area contributed by atoms with E-state index in [-0.39, 0.29) is 5.69 Å². The molecule has 2 aromatic rings. The molecule has 0 saturated heterocycles. The quantitative estimate of drug-likeness (QED) is 0.754. The minimum absolute atomic E-state index is 0.217. The Hall–Kier alpha value is -1.85. The highest BCUT2D eigenvalue weighted by atomic mass is 19.4. The highest BCUT2D eigenvalue weighted by molar-refractivity contribution is 5.39. The van der Waals surface area contributed by atoms with Gasteiger partial charge in [-0.1, -0.05) is 6.92 Å². The molecule has 0 bridgehead atoms. The second kappa shape index (κ2) is 4.44. The SMILES string of the molecule is CCc1n[c]cn1-c1ccc(F)c(C(F)(F)F)c1. The third-order valence-corrected chi connectivity index (χ3v) is 2.51. The molecule has 1 radical (unpaired) electrons. The first-order valence-corrected chi connectivity index (χ1v) is 5.25. The molecule has 2 rings (SSSR count). The van der Waals surface area contributed by atoms with E-state index < -0.39 is 17.6 Å². The Bertz CT molecular complexity index is 557. The van der Waals surface area contributed by atoms with Crippen LogP contribution in [-0.2, 0) is 12.6 Å². The highest BCUT2D eigenvalue weighted by Gasteiger charge is 2.34. The van der Waals surface area contributed by atoms with Crippen molar-refractivity contribution in [2.45, 2.75) is 19.5 Å². The van der Waals surface area contributed by atoms with Crippen molar-refractivity contribution in [1.29, 1.82) is 0 Å². The number of benzene rings is 1. The minimum Gasteiger partial charge on any atom is -0.303 e. The topological polar surface area (TPSA) is 17.8 Å². The predicted octanol–water partition coefficient (Wildman–Crippen LogP) is 3.39. The van der Waals surface area contributed by atoms with E-state index in [2.05, 4.69) is 11.2 Å². The first-order chi connectivity index (χ1) is 8.43. The van der Waals surface area contributed by atoms with Gasteiger partial charge in [-0.25, -0.2) is 9.37 Å². The molecule has 0 unspecified atom stereocenters. The molecule has 0 N–H and O–H groups in total. The van der Waals surface area contributed by atoms with E-state index in [9.17, 15) is 17.6 Å². The van der Waals surface area contributed by atoms with Gasteiger partial charge < -0.3 is 4.57 Å². The van der Waals surface area contributed by atoms with Crippen LogP contribution in [0.1, 0.15) is 18.3 Å². The maximum Gasteiger partial charge on any atom is 0.419 e. The van der Waals surface area contributed by atoms with Crippen molar-refractivity contribution >= 4 is 0 Å². The van der Waals surface area contributed by atoms with Crippen LogP contribution in [0.25, 0.3) is 5.69 Å². The number of aromatic nitrogens is 2. The fourth-order valence-electron chi connectivity index (χ4n) is 1.64. The van der Waals surface area contributed by atoms with Crippen molar-refractivity contribution in [3.05, 3.63) is 47.8 Å². The van der Waals surface area contributed by atoms with Crippen molar-refractivity contribution in [1.82, 2.24) is 9.55 Å². The first kappa shape index (κ1) is 12.6. The Balaban J connectivity index is 2.54. The van der Waals surface area contributed by atoms with Gasteiger partial charge in [0.2, 0.25) is 0 Å². The first-order valence-electron chi connectivity index (χ1n) is 5.25. The van der Waals surface area contributed by atoms with Gasteiger partial charge >= 0.3 is 6.18 Å². The maximum absolute atomic E-state index is 13.1. The lowest BCUT2D eigenvalue weighted by molar-refractivity contribution is -0.140. The van der Waals surface area contributed by atoms with Gasteiger partial charge in [0.05, 0.1) is 5.56 Å². The van der Waals surface area contributed by atoms with E-state index >= 15 is 0 Å². The molecule has 6 heteroatoms. The molecule has 1 aromatic carbocycles. The van der Waals surface area contributed by atoms with E-state index in [1.54, 1.807) is 0 Å². The standard InChI is InChI=1S/C12H9F4N2/c1-2-11-17-5-6-18(11)8-3-4-10(13)9(7-8)12(14,15)16/h3-4,6-7H,2H2,1H3. The molecule has 0 amide bonds. The molecule has 18 heavy (non-hydrogen) atoms. The zero-order valence-electron chi connectivity index (χ0n) is 9.42. The van der Waals surface area contributed by atoms with E-state index in [0.717, 1.165) is 12.1 Å². The highest BCUT2D eigenvalue weighted by Crippen LogP contribution is 2.32. The van der Waals surface area contributed by atoms with Gasteiger partial charge in [0, 0.05) is 18.3 Å². The lowest BCUT2D eigenvalue weighted by atomic mass is 10.1. The van der Waals surface area contributed by atoms with Crippen LogP contribution in [0.15, 0.2) is 24.4 Å². The average molecular weight is 257 g/mol. The fraction of sp³-hybridized carbons (Fsp3) is 0.250. The minimum atomic E-state index is -4.71. The van der Waals surface area contributed by atoms with Gasteiger partial charge in [-0.05, 0) is 18.2 Å². The average Bonchev–Trinajstić information content (AvgIpc) is 2.76. The molecular formula is C12H9F4N2. The molecule has 1 aromatic heterocycles. The molecule has 0 aliphatic carbocycles. The number of aryl methyl sites for hydroxylation is 1. The normalized spacial score (nSPS) is 11.8. The Morgan fingerprint density at radius 2 is 2.06 bits per heavy atom. The zero-order valence-corrected chi connectivity index (χ0v) is 9.42. The van der Waals surface area contributed by atoms with Gasteiger partial charge in [0.15, 0.2) is 0 Å². The Kier molecular flexibility index (Phi) is 3.11. The molecule has 1 heterocycles. The molecular weight excluding hydrogens is 248 g/mol. The summed E-state index contributed by atoms with van der Waals surface area (Å²) in [6.07, 6.45) is -0.186. The Morgan fingerprint density at radius 1 is 1.33 bits per heavy atom. The third kappa shape index (κ3) is 2.23. The summed E-state index contributed by atoms with van der Waals surface area (Å²) in [5, 5.41) is 0. The fourth-order valence-corrected chi connectivity index (χ4v) is 1.64. The van der Waals surface area contributed by atoms with E-state index in [1.165, 1.54) is 16.8 Å². The van der Waals surface area contributed by atoms with Crippen LogP contribution in [0.2, 0.25) is 0 Å². The van der Waals surface area contributed by atoms with Gasteiger partial charge in [0.25, 0.3) is 0 Å². The van der Waals surface area contributed by atoms with E-state index in [1.807, 2.05) is 6.92 Å². The number of alkyl halides is 3. The van der Waals surface area contributed by atoms with Crippen LogP contribution in [0.4, 0.5) is 17.6 Å². The third-order valence-electron chi connectivity index (χ3n) is 2.51. The van der Waals surface area contributed by atoms with E-state index in [4.69, 9.17) is 0 Å². The monoisotopic (exact) mass is 257 g/mol. The molecule has 2 nitrogen and oxygen atoms in total. The largest absolute Gasteiger partial charge is 0.419 e. The maximum atomic E-state index is 13.1. The molecule has 0 atom stereocenters. The number of hydrogen-bond acceptors (Lipinski definition) is 1. The van der Waals surface area contributed by atoms with Crippen LogP contribution in [0, 0.1) is 12.0 Å². The molecule has 0 aliphatic heterocycles. The van der Waals surface area contributed by atoms with Gasteiger partial charge in [-0.3, -0.25) is 0 Å². The number of rotatable bonds is 2. The van der Waals surface area contributed by atoms with Crippen LogP contribution < -0.4 is 0 Å². The van der Waals surface area contributed by atoms with Gasteiger partial charge in [-0.15, -0.1) is 0 Å².